The van der Waals surface area contributed by atoms with E-state index in [0.717, 1.165) is 12.3 Å². The molecule has 8 heteroatoms. The van der Waals surface area contributed by atoms with E-state index in [4.69, 9.17) is 4.74 Å². The Labute approximate surface area is 131 Å². The topological polar surface area (TPSA) is 76.5 Å². The Balaban J connectivity index is 3.15. The first-order valence-corrected chi connectivity index (χ1v) is 6.81. The van der Waals surface area contributed by atoms with E-state index in [-0.39, 0.29) is 5.56 Å². The monoisotopic (exact) mass is 333 g/mol. The number of aliphatic carboxylic acids is 1. The molecule has 0 saturated heterocycles. The van der Waals surface area contributed by atoms with Gasteiger partial charge in [0.15, 0.2) is 5.92 Å². The molecule has 1 aromatic heterocycles. The van der Waals surface area contributed by atoms with Crippen LogP contribution in [0.25, 0.3) is 0 Å². The number of carboxylic acids is 1. The molecular weight excluding hydrogens is 315 g/mol. The minimum atomic E-state index is -4.65. The lowest BCUT2D eigenvalue weighted by molar-refractivity contribution is -0.167. The third kappa shape index (κ3) is 5.22. The molecule has 128 valence electrons. The van der Waals surface area contributed by atoms with Gasteiger partial charge in [0.25, 0.3) is 0 Å². The number of pyridine rings is 1. The van der Waals surface area contributed by atoms with Crippen LogP contribution in [0, 0.1) is 5.92 Å². The fourth-order valence-electron chi connectivity index (χ4n) is 1.96. The average molecular weight is 333 g/mol. The highest BCUT2D eigenvalue weighted by atomic mass is 19.4. The molecule has 0 saturated carbocycles. The van der Waals surface area contributed by atoms with E-state index in [9.17, 15) is 27.9 Å². The summed E-state index contributed by atoms with van der Waals surface area (Å²) in [5.74, 6) is -5.08. The first-order valence-electron chi connectivity index (χ1n) is 6.81. The van der Waals surface area contributed by atoms with Crippen LogP contribution in [0.2, 0.25) is 0 Å². The van der Waals surface area contributed by atoms with Gasteiger partial charge >= 0.3 is 18.1 Å². The van der Waals surface area contributed by atoms with Gasteiger partial charge in [-0.05, 0) is 38.5 Å². The van der Waals surface area contributed by atoms with Crippen molar-refractivity contribution in [3.8, 4) is 0 Å². The molecule has 1 aromatic rings. The van der Waals surface area contributed by atoms with Gasteiger partial charge in [0.1, 0.15) is 11.3 Å². The highest BCUT2D eigenvalue weighted by molar-refractivity contribution is 5.95. The first kappa shape index (κ1) is 18.9. The second kappa shape index (κ2) is 6.55. The van der Waals surface area contributed by atoms with Crippen LogP contribution in [0.3, 0.4) is 0 Å². The zero-order chi connectivity index (χ0) is 18.0. The van der Waals surface area contributed by atoms with Gasteiger partial charge in [-0.2, -0.15) is 13.2 Å². The van der Waals surface area contributed by atoms with E-state index in [2.05, 4.69) is 4.98 Å². The lowest BCUT2D eigenvalue weighted by atomic mass is 9.87. The maximum absolute atomic E-state index is 12.7. The number of rotatable bonds is 4. The second-order valence-corrected chi connectivity index (χ2v) is 6.11. The van der Waals surface area contributed by atoms with Crippen molar-refractivity contribution < 1.29 is 32.6 Å². The zero-order valence-corrected chi connectivity index (χ0v) is 13.1. The van der Waals surface area contributed by atoms with Crippen LogP contribution >= 0.6 is 0 Å². The number of hydrogen-bond donors (Lipinski definition) is 1. The molecule has 0 radical (unpaired) electrons. The third-order valence-electron chi connectivity index (χ3n) is 3.03. The molecule has 0 spiro atoms. The number of carboxylic acid groups (broad SMARTS) is 1. The minimum Gasteiger partial charge on any atom is -0.481 e. The van der Waals surface area contributed by atoms with Crippen molar-refractivity contribution in [2.24, 2.45) is 5.92 Å². The maximum Gasteiger partial charge on any atom is 0.433 e. The smallest absolute Gasteiger partial charge is 0.433 e. The molecule has 0 aromatic carbocycles. The molecular formula is C15H18F3NO4. The Bertz CT molecular complexity index is 593. The van der Waals surface area contributed by atoms with Crippen molar-refractivity contribution >= 4 is 11.9 Å². The maximum atomic E-state index is 12.7. The normalized spacial score (nSPS) is 14.9. The second-order valence-electron chi connectivity index (χ2n) is 6.11. The lowest BCUT2D eigenvalue weighted by Crippen LogP contribution is -2.35. The lowest BCUT2D eigenvalue weighted by Gasteiger charge is -2.25. The van der Waals surface area contributed by atoms with Crippen LogP contribution in [0.4, 0.5) is 13.2 Å². The predicted octanol–water partition coefficient (Wildman–Crippen LogP) is 3.25. The third-order valence-corrected chi connectivity index (χ3v) is 3.03. The number of ether oxygens (including phenoxy) is 1. The van der Waals surface area contributed by atoms with Crippen molar-refractivity contribution in [2.75, 3.05) is 0 Å². The van der Waals surface area contributed by atoms with E-state index >= 15 is 0 Å². The molecule has 0 bridgehead atoms. The molecule has 0 aliphatic carbocycles. The van der Waals surface area contributed by atoms with E-state index < -0.39 is 41.2 Å². The summed E-state index contributed by atoms with van der Waals surface area (Å²) in [4.78, 5) is 26.7. The number of esters is 1. The number of halogens is 3. The van der Waals surface area contributed by atoms with E-state index in [1.54, 1.807) is 20.8 Å². The van der Waals surface area contributed by atoms with Crippen molar-refractivity contribution in [2.45, 2.75) is 45.4 Å². The molecule has 1 N–H and O–H groups in total. The Hall–Kier alpha value is -2.12. The number of hydrogen-bond acceptors (Lipinski definition) is 4. The van der Waals surface area contributed by atoms with Crippen LogP contribution in [0.15, 0.2) is 18.3 Å². The van der Waals surface area contributed by atoms with Crippen molar-refractivity contribution in [1.82, 2.24) is 4.98 Å². The quantitative estimate of drug-likeness (QED) is 0.676. The van der Waals surface area contributed by atoms with Gasteiger partial charge in [-0.15, -0.1) is 0 Å². The van der Waals surface area contributed by atoms with Crippen molar-refractivity contribution in [1.29, 1.82) is 0 Å². The van der Waals surface area contributed by atoms with Crippen LogP contribution in [0.1, 0.15) is 44.9 Å². The van der Waals surface area contributed by atoms with E-state index in [1.165, 1.54) is 13.0 Å². The highest BCUT2D eigenvalue weighted by Gasteiger charge is 2.38. The summed E-state index contributed by atoms with van der Waals surface area (Å²) in [6.07, 6.45) is -3.72. The largest absolute Gasteiger partial charge is 0.481 e. The molecule has 1 heterocycles. The van der Waals surface area contributed by atoms with Gasteiger partial charge in [-0.3, -0.25) is 14.6 Å². The summed E-state index contributed by atoms with van der Waals surface area (Å²) in [7, 11) is 0. The summed E-state index contributed by atoms with van der Waals surface area (Å²) in [6.45, 7) is 6.08. The SMILES string of the molecule is CC(c1ccnc(C(F)(F)F)c1)C(C(=O)O)C(=O)OC(C)(C)C. The average Bonchev–Trinajstić information content (AvgIpc) is 2.35. The number of alkyl halides is 3. The number of carbonyl (C=O) groups is 2. The van der Waals surface area contributed by atoms with Gasteiger partial charge in [0.05, 0.1) is 0 Å². The van der Waals surface area contributed by atoms with Crippen molar-refractivity contribution in [3.05, 3.63) is 29.6 Å². The summed E-state index contributed by atoms with van der Waals surface area (Å²) in [6, 6.07) is 1.99. The molecule has 0 aliphatic rings. The van der Waals surface area contributed by atoms with Crippen LogP contribution in [-0.4, -0.2) is 27.6 Å². The van der Waals surface area contributed by atoms with Gasteiger partial charge < -0.3 is 9.84 Å². The fourth-order valence-corrected chi connectivity index (χ4v) is 1.96. The molecule has 0 amide bonds. The molecule has 5 nitrogen and oxygen atoms in total. The van der Waals surface area contributed by atoms with Crippen LogP contribution in [0.5, 0.6) is 0 Å². The van der Waals surface area contributed by atoms with Gasteiger partial charge in [-0.1, -0.05) is 6.92 Å². The number of nitrogens with zero attached hydrogens (tertiary/aromatic N) is 1. The summed E-state index contributed by atoms with van der Waals surface area (Å²) in [5, 5.41) is 9.26. The minimum absolute atomic E-state index is 0.0468. The molecule has 0 fully saturated rings. The molecule has 2 atom stereocenters. The summed E-state index contributed by atoms with van der Waals surface area (Å²) >= 11 is 0. The Morgan fingerprint density at radius 2 is 1.83 bits per heavy atom. The molecule has 23 heavy (non-hydrogen) atoms. The summed E-state index contributed by atoms with van der Waals surface area (Å²) in [5.41, 5.74) is -2.00. The molecule has 1 rings (SSSR count). The summed E-state index contributed by atoms with van der Waals surface area (Å²) < 4.78 is 43.1. The Morgan fingerprint density at radius 1 is 1.26 bits per heavy atom. The standard InChI is InChI=1S/C15H18F3NO4/c1-8(9-5-6-19-10(7-9)15(16,17)18)11(12(20)21)13(22)23-14(2,3)4/h5-8,11H,1-4H3,(H,20,21). The van der Waals surface area contributed by atoms with Gasteiger partial charge in [-0.25, -0.2) is 0 Å². The Kier molecular flexibility index (Phi) is 5.39. The predicted molar refractivity (Wildman–Crippen MR) is 74.6 cm³/mol. The van der Waals surface area contributed by atoms with Crippen molar-refractivity contribution in [3.63, 3.8) is 0 Å². The first-order chi connectivity index (χ1) is 10.3. The van der Waals surface area contributed by atoms with E-state index in [0.29, 0.717) is 0 Å². The van der Waals surface area contributed by atoms with Crippen LogP contribution in [-0.2, 0) is 20.5 Å². The number of carbonyl (C=O) groups excluding carboxylic acids is 1. The zero-order valence-electron chi connectivity index (χ0n) is 13.1. The van der Waals surface area contributed by atoms with Crippen LogP contribution < -0.4 is 0 Å². The Morgan fingerprint density at radius 3 is 2.26 bits per heavy atom. The molecule has 2 unspecified atom stereocenters. The van der Waals surface area contributed by atoms with Gasteiger partial charge in [0.2, 0.25) is 0 Å². The molecule has 0 aliphatic heterocycles. The fraction of sp³-hybridized carbons (Fsp3) is 0.533. The highest BCUT2D eigenvalue weighted by Crippen LogP contribution is 2.32. The number of aromatic nitrogens is 1. The van der Waals surface area contributed by atoms with E-state index in [1.807, 2.05) is 0 Å². The van der Waals surface area contributed by atoms with Gasteiger partial charge in [0, 0.05) is 12.1 Å².